The Labute approximate surface area is 256 Å². The van der Waals surface area contributed by atoms with E-state index in [1.165, 1.54) is 129 Å². The van der Waals surface area contributed by atoms with Crippen molar-refractivity contribution in [2.24, 2.45) is 5.92 Å². The number of nitrogens with zero attached hydrogens (tertiary/aromatic N) is 3. The molecule has 1 unspecified atom stereocenters. The molecule has 0 radical (unpaired) electrons. The summed E-state index contributed by atoms with van der Waals surface area (Å²) in [5, 5.41) is 1.29. The first-order valence-corrected chi connectivity index (χ1v) is 18.5. The summed E-state index contributed by atoms with van der Waals surface area (Å²) in [7, 11) is 0. The highest BCUT2D eigenvalue weighted by Gasteiger charge is 2.25. The van der Waals surface area contributed by atoms with Gasteiger partial charge in [-0.3, -0.25) is 0 Å². The van der Waals surface area contributed by atoms with Crippen LogP contribution in [-0.2, 0) is 6.42 Å². The molecule has 0 saturated carbocycles. The lowest BCUT2D eigenvalue weighted by atomic mass is 9.92. The third-order valence-corrected chi connectivity index (χ3v) is 11.6. The van der Waals surface area contributed by atoms with Crippen LogP contribution < -0.4 is 0 Å². The van der Waals surface area contributed by atoms with Crippen molar-refractivity contribution >= 4 is 67.0 Å². The predicted molar refractivity (Wildman–Crippen MR) is 181 cm³/mol. The summed E-state index contributed by atoms with van der Waals surface area (Å²) in [6.07, 6.45) is 17.3. The van der Waals surface area contributed by atoms with Gasteiger partial charge in [-0.2, -0.15) is 8.75 Å². The summed E-state index contributed by atoms with van der Waals surface area (Å²) in [5.74, 6) is 0.722. The molecule has 1 aromatic carbocycles. The van der Waals surface area contributed by atoms with E-state index in [-0.39, 0.29) is 0 Å². The summed E-state index contributed by atoms with van der Waals surface area (Å²) < 4.78 is 11.0. The van der Waals surface area contributed by atoms with Crippen molar-refractivity contribution in [2.45, 2.75) is 111 Å². The van der Waals surface area contributed by atoms with Crippen LogP contribution in [0.5, 0.6) is 0 Å². The molecular weight excluding hydrogens is 567 g/mol. The van der Waals surface area contributed by atoms with Crippen LogP contribution in [-0.4, -0.2) is 13.7 Å². The Kier molecular flexibility index (Phi) is 10.8. The fourth-order valence-electron chi connectivity index (χ4n) is 5.80. The molecule has 3 nitrogen and oxygen atoms in total. The third-order valence-electron chi connectivity index (χ3n) is 7.97. The second kappa shape index (κ2) is 14.5. The van der Waals surface area contributed by atoms with Crippen molar-refractivity contribution in [3.63, 3.8) is 0 Å². The Morgan fingerprint density at radius 3 is 1.77 bits per heavy atom. The van der Waals surface area contributed by atoms with Crippen LogP contribution in [0.4, 0.5) is 0 Å². The number of hydrogen-bond acceptors (Lipinski definition) is 7. The fourth-order valence-corrected chi connectivity index (χ4v) is 9.50. The van der Waals surface area contributed by atoms with Gasteiger partial charge in [-0.15, -0.1) is 34.0 Å². The largest absolute Gasteiger partial charge is 0.240 e. The van der Waals surface area contributed by atoms with E-state index in [9.17, 15) is 0 Å². The van der Waals surface area contributed by atoms with Crippen molar-refractivity contribution < 1.29 is 0 Å². The maximum absolute atomic E-state index is 5.44. The second-order valence-electron chi connectivity index (χ2n) is 11.3. The molecule has 40 heavy (non-hydrogen) atoms. The normalized spacial score (nSPS) is 12.7. The molecule has 0 amide bonds. The summed E-state index contributed by atoms with van der Waals surface area (Å²) in [6.45, 7) is 8.98. The lowest BCUT2D eigenvalue weighted by Gasteiger charge is -2.15. The van der Waals surface area contributed by atoms with E-state index in [4.69, 9.17) is 13.7 Å². The van der Waals surface area contributed by atoms with Gasteiger partial charge in [0.25, 0.3) is 0 Å². The number of rotatable bonds is 16. The third kappa shape index (κ3) is 7.03. The summed E-state index contributed by atoms with van der Waals surface area (Å²) in [5.41, 5.74) is 5.62. The number of aryl methyl sites for hydroxylation is 2. The number of fused-ring (bicyclic) bond motifs is 2. The van der Waals surface area contributed by atoms with E-state index in [0.717, 1.165) is 28.9 Å². The maximum atomic E-state index is 5.44. The molecule has 0 bridgehead atoms. The van der Waals surface area contributed by atoms with Crippen molar-refractivity contribution in [3.05, 3.63) is 39.0 Å². The summed E-state index contributed by atoms with van der Waals surface area (Å²) in [6, 6.07) is 8.95. The van der Waals surface area contributed by atoms with Crippen molar-refractivity contribution in [1.29, 1.82) is 0 Å². The van der Waals surface area contributed by atoms with E-state index in [1.807, 2.05) is 34.0 Å². The molecule has 0 spiro atoms. The van der Waals surface area contributed by atoms with Gasteiger partial charge in [0.15, 0.2) is 0 Å². The van der Waals surface area contributed by atoms with E-state index in [2.05, 4.69) is 52.0 Å². The zero-order valence-electron chi connectivity index (χ0n) is 24.6. The van der Waals surface area contributed by atoms with Gasteiger partial charge in [0.2, 0.25) is 0 Å². The topological polar surface area (TPSA) is 38.7 Å². The predicted octanol–water partition coefficient (Wildman–Crippen LogP) is 12.3. The standard InChI is InChI=1S/C33H43N3S4/c1-5-7-9-11-12-14-16-24(15-13-10-8-6-2)21-27-34-32-28(25-19-17-22(3)37-25)30-31(36-40-35-30)29(33(32)39-27)26-20-18-23(4)38-26/h17-20,24H,5-16,21H2,1-4H3. The fraction of sp³-hybridized carbons (Fsp3) is 0.545. The van der Waals surface area contributed by atoms with Crippen molar-refractivity contribution in [2.75, 3.05) is 0 Å². The van der Waals surface area contributed by atoms with Gasteiger partial charge in [-0.1, -0.05) is 90.9 Å². The molecule has 0 N–H and O–H groups in total. The van der Waals surface area contributed by atoms with Gasteiger partial charge in [0.05, 0.1) is 27.0 Å². The highest BCUT2D eigenvalue weighted by atomic mass is 32.1. The van der Waals surface area contributed by atoms with Crippen LogP contribution in [0, 0.1) is 19.8 Å². The molecule has 0 aliphatic carbocycles. The van der Waals surface area contributed by atoms with Crippen LogP contribution in [0.1, 0.15) is 106 Å². The Balaban J connectivity index is 1.50. The molecule has 4 heterocycles. The first-order chi connectivity index (χ1) is 19.6. The molecule has 5 aromatic rings. The highest BCUT2D eigenvalue weighted by molar-refractivity contribution is 7.21. The van der Waals surface area contributed by atoms with Crippen LogP contribution in [0.2, 0.25) is 0 Å². The van der Waals surface area contributed by atoms with E-state index < -0.39 is 0 Å². The van der Waals surface area contributed by atoms with Crippen molar-refractivity contribution in [3.8, 4) is 20.9 Å². The van der Waals surface area contributed by atoms with Crippen LogP contribution in [0.25, 0.3) is 42.1 Å². The average molecular weight is 610 g/mol. The van der Waals surface area contributed by atoms with Gasteiger partial charge in [0, 0.05) is 37.1 Å². The van der Waals surface area contributed by atoms with Gasteiger partial charge in [-0.05, 0) is 44.0 Å². The number of thiophene rings is 2. The Bertz CT molecular complexity index is 1410. The maximum Gasteiger partial charge on any atom is 0.116 e. The summed E-state index contributed by atoms with van der Waals surface area (Å²) >= 11 is 6.95. The molecule has 0 aliphatic heterocycles. The van der Waals surface area contributed by atoms with Crippen molar-refractivity contribution in [1.82, 2.24) is 13.7 Å². The quantitative estimate of drug-likeness (QED) is 0.104. The number of aromatic nitrogens is 3. The molecule has 5 rings (SSSR count). The Morgan fingerprint density at radius 1 is 0.625 bits per heavy atom. The molecule has 0 aliphatic rings. The highest BCUT2D eigenvalue weighted by Crippen LogP contribution is 2.47. The lowest BCUT2D eigenvalue weighted by molar-refractivity contribution is 0.402. The monoisotopic (exact) mass is 609 g/mol. The van der Waals surface area contributed by atoms with E-state index in [1.54, 1.807) is 0 Å². The summed E-state index contributed by atoms with van der Waals surface area (Å²) in [4.78, 5) is 10.6. The number of thiazole rings is 1. The molecule has 0 fully saturated rings. The Hall–Kier alpha value is -1.67. The van der Waals surface area contributed by atoms with Gasteiger partial charge >= 0.3 is 0 Å². The minimum atomic E-state index is 0.722. The average Bonchev–Trinajstić information content (AvgIpc) is 3.75. The Morgan fingerprint density at radius 2 is 1.18 bits per heavy atom. The lowest BCUT2D eigenvalue weighted by Crippen LogP contribution is -2.05. The molecule has 7 heteroatoms. The number of hydrogen-bond donors (Lipinski definition) is 0. The zero-order valence-corrected chi connectivity index (χ0v) is 27.8. The van der Waals surface area contributed by atoms with Crippen LogP contribution >= 0.6 is 45.7 Å². The minimum absolute atomic E-state index is 0.722. The molecule has 214 valence electrons. The van der Waals surface area contributed by atoms with Crippen LogP contribution in [0.3, 0.4) is 0 Å². The molecule has 1 atom stereocenters. The zero-order chi connectivity index (χ0) is 27.9. The first-order valence-electron chi connectivity index (χ1n) is 15.3. The molecular formula is C33H43N3S4. The SMILES string of the molecule is CCCCCCCCC(CCCCCC)Cc1nc2c(-c3ccc(C)s3)c3nsnc3c(-c3ccc(C)s3)c2s1. The van der Waals surface area contributed by atoms with Gasteiger partial charge < -0.3 is 0 Å². The number of unbranched alkanes of at least 4 members (excludes halogenated alkanes) is 8. The van der Waals surface area contributed by atoms with Crippen LogP contribution in [0.15, 0.2) is 24.3 Å². The van der Waals surface area contributed by atoms with Gasteiger partial charge in [-0.25, -0.2) is 4.98 Å². The molecule has 0 saturated heterocycles. The van der Waals surface area contributed by atoms with E-state index in [0.29, 0.717) is 0 Å². The second-order valence-corrected chi connectivity index (χ2v) is 15.5. The van der Waals surface area contributed by atoms with Gasteiger partial charge in [0.1, 0.15) is 11.0 Å². The first kappa shape index (κ1) is 29.8. The molecule has 4 aromatic heterocycles. The van der Waals surface area contributed by atoms with E-state index >= 15 is 0 Å². The number of benzene rings is 1. The minimum Gasteiger partial charge on any atom is -0.240 e. The smallest absolute Gasteiger partial charge is 0.116 e.